The monoisotopic (exact) mass is 336 g/mol. The van der Waals surface area contributed by atoms with Crippen LogP contribution in [0.25, 0.3) is 0 Å². The van der Waals surface area contributed by atoms with Crippen LogP contribution in [0.2, 0.25) is 0 Å². The Labute approximate surface area is 149 Å². The lowest BCUT2D eigenvalue weighted by Crippen LogP contribution is -2.37. The molecule has 140 valence electrons. The smallest absolute Gasteiger partial charge is 0.223 e. The van der Waals surface area contributed by atoms with Gasteiger partial charge in [-0.3, -0.25) is 4.79 Å². The topological polar surface area (TPSA) is 41.1 Å². The Bertz CT molecular complexity index is 372. The average Bonchev–Trinajstić information content (AvgIpc) is 2.53. The Morgan fingerprint density at radius 2 is 1.33 bits per heavy atom. The van der Waals surface area contributed by atoms with Crippen LogP contribution in [0.15, 0.2) is 0 Å². The largest absolute Gasteiger partial charge is 0.356 e. The molecule has 0 spiro atoms. The van der Waals surface area contributed by atoms with Gasteiger partial charge in [-0.15, -0.1) is 0 Å². The fourth-order valence-electron chi connectivity index (χ4n) is 4.81. The Kier molecular flexibility index (Phi) is 7.59. The molecule has 2 fully saturated rings. The van der Waals surface area contributed by atoms with Crippen LogP contribution in [-0.2, 0) is 4.79 Å². The maximum absolute atomic E-state index is 12.4. The fraction of sp³-hybridized carbons (Fsp3) is 0.952. The number of nitrogens with one attached hydrogen (secondary N) is 2. The van der Waals surface area contributed by atoms with Gasteiger partial charge in [-0.1, -0.05) is 33.6 Å². The molecule has 0 bridgehead atoms. The number of rotatable bonds is 6. The predicted molar refractivity (Wildman–Crippen MR) is 102 cm³/mol. The molecule has 24 heavy (non-hydrogen) atoms. The second kappa shape index (κ2) is 9.22. The molecular weight excluding hydrogens is 296 g/mol. The number of carbonyl (C=O) groups excluding carboxylic acids is 1. The maximum atomic E-state index is 12.4. The van der Waals surface area contributed by atoms with Crippen LogP contribution in [0, 0.1) is 29.1 Å². The van der Waals surface area contributed by atoms with Crippen molar-refractivity contribution < 1.29 is 4.79 Å². The van der Waals surface area contributed by atoms with Crippen molar-refractivity contribution in [3.05, 3.63) is 0 Å². The molecule has 0 aromatic heterocycles. The van der Waals surface area contributed by atoms with E-state index in [9.17, 15) is 4.79 Å². The van der Waals surface area contributed by atoms with Gasteiger partial charge in [0.25, 0.3) is 0 Å². The number of carbonyl (C=O) groups is 1. The summed E-state index contributed by atoms with van der Waals surface area (Å²) < 4.78 is 0. The molecule has 0 heterocycles. The standard InChI is InChI=1S/C21H40N2O/c1-21(2,3)13-16-5-7-18(8-6-16)15-23-20(24)19-11-9-17(10-12-19)14-22-4/h16-19,22H,5-15H2,1-4H3,(H,23,24). The van der Waals surface area contributed by atoms with E-state index in [1.54, 1.807) is 0 Å². The lowest BCUT2D eigenvalue weighted by atomic mass is 9.74. The number of hydrogen-bond donors (Lipinski definition) is 2. The summed E-state index contributed by atoms with van der Waals surface area (Å²) in [7, 11) is 2.02. The van der Waals surface area contributed by atoms with Crippen molar-refractivity contribution in [2.75, 3.05) is 20.1 Å². The van der Waals surface area contributed by atoms with E-state index >= 15 is 0 Å². The van der Waals surface area contributed by atoms with E-state index in [1.165, 1.54) is 44.9 Å². The molecule has 0 aliphatic heterocycles. The summed E-state index contributed by atoms with van der Waals surface area (Å²) in [6.45, 7) is 9.07. The third-order valence-corrected chi connectivity index (χ3v) is 6.14. The number of amides is 1. The second-order valence-corrected chi connectivity index (χ2v) is 9.67. The molecule has 0 aromatic rings. The summed E-state index contributed by atoms with van der Waals surface area (Å²) >= 11 is 0. The van der Waals surface area contributed by atoms with Crippen molar-refractivity contribution in [2.45, 2.75) is 78.6 Å². The molecular formula is C21H40N2O. The zero-order valence-corrected chi connectivity index (χ0v) is 16.5. The normalized spacial score (nSPS) is 31.7. The minimum absolute atomic E-state index is 0.273. The van der Waals surface area contributed by atoms with Crippen LogP contribution in [0.5, 0.6) is 0 Å². The molecule has 0 aromatic carbocycles. The molecule has 0 atom stereocenters. The fourth-order valence-corrected chi connectivity index (χ4v) is 4.81. The third-order valence-electron chi connectivity index (χ3n) is 6.14. The van der Waals surface area contributed by atoms with Gasteiger partial charge in [-0.25, -0.2) is 0 Å². The van der Waals surface area contributed by atoms with Crippen LogP contribution in [0.4, 0.5) is 0 Å². The van der Waals surface area contributed by atoms with E-state index in [0.29, 0.717) is 17.2 Å². The van der Waals surface area contributed by atoms with E-state index in [-0.39, 0.29) is 5.92 Å². The van der Waals surface area contributed by atoms with E-state index < -0.39 is 0 Å². The molecule has 2 saturated carbocycles. The summed E-state index contributed by atoms with van der Waals surface area (Å²) in [6.07, 6.45) is 11.2. The predicted octanol–water partition coefficient (Wildman–Crippen LogP) is 4.37. The maximum Gasteiger partial charge on any atom is 0.223 e. The van der Waals surface area contributed by atoms with Crippen LogP contribution < -0.4 is 10.6 Å². The van der Waals surface area contributed by atoms with Gasteiger partial charge in [0, 0.05) is 12.5 Å². The van der Waals surface area contributed by atoms with Crippen molar-refractivity contribution in [2.24, 2.45) is 29.1 Å². The van der Waals surface area contributed by atoms with E-state index in [4.69, 9.17) is 0 Å². The quantitative estimate of drug-likeness (QED) is 0.756. The molecule has 2 aliphatic rings. The van der Waals surface area contributed by atoms with Gasteiger partial charge < -0.3 is 10.6 Å². The zero-order valence-electron chi connectivity index (χ0n) is 16.5. The summed E-state index contributed by atoms with van der Waals surface area (Å²) in [5, 5.41) is 6.54. The Morgan fingerprint density at radius 3 is 1.88 bits per heavy atom. The zero-order chi connectivity index (χ0) is 17.6. The molecule has 0 unspecified atom stereocenters. The first-order valence-electron chi connectivity index (χ1n) is 10.3. The molecule has 2 aliphatic carbocycles. The van der Waals surface area contributed by atoms with Crippen LogP contribution in [0.1, 0.15) is 78.6 Å². The lowest BCUT2D eigenvalue weighted by molar-refractivity contribution is -0.126. The molecule has 0 radical (unpaired) electrons. The highest BCUT2D eigenvalue weighted by Gasteiger charge is 2.28. The van der Waals surface area contributed by atoms with Gasteiger partial charge in [-0.2, -0.15) is 0 Å². The van der Waals surface area contributed by atoms with Crippen LogP contribution >= 0.6 is 0 Å². The van der Waals surface area contributed by atoms with Gasteiger partial charge in [0.05, 0.1) is 0 Å². The summed E-state index contributed by atoms with van der Waals surface area (Å²) in [5.41, 5.74) is 0.456. The number of hydrogen-bond acceptors (Lipinski definition) is 2. The van der Waals surface area contributed by atoms with Gasteiger partial charge in [-0.05, 0) is 81.7 Å². The van der Waals surface area contributed by atoms with E-state index in [0.717, 1.165) is 37.8 Å². The van der Waals surface area contributed by atoms with Crippen molar-refractivity contribution in [3.63, 3.8) is 0 Å². The molecule has 2 N–H and O–H groups in total. The average molecular weight is 337 g/mol. The third kappa shape index (κ3) is 6.74. The summed E-state index contributed by atoms with van der Waals surface area (Å²) in [6, 6.07) is 0. The second-order valence-electron chi connectivity index (χ2n) is 9.67. The Morgan fingerprint density at radius 1 is 0.833 bits per heavy atom. The van der Waals surface area contributed by atoms with Gasteiger partial charge in [0.15, 0.2) is 0 Å². The Balaban J connectivity index is 1.61. The first kappa shape index (κ1) is 19.8. The molecule has 2 rings (SSSR count). The van der Waals surface area contributed by atoms with Crippen molar-refractivity contribution >= 4 is 5.91 Å². The summed E-state index contributed by atoms with van der Waals surface area (Å²) in [4.78, 5) is 12.4. The highest BCUT2D eigenvalue weighted by molar-refractivity contribution is 5.78. The van der Waals surface area contributed by atoms with Gasteiger partial charge in [0.1, 0.15) is 0 Å². The van der Waals surface area contributed by atoms with E-state index in [1.807, 2.05) is 7.05 Å². The SMILES string of the molecule is CNCC1CCC(C(=O)NCC2CCC(CC(C)(C)C)CC2)CC1. The van der Waals surface area contributed by atoms with Gasteiger partial charge >= 0.3 is 0 Å². The van der Waals surface area contributed by atoms with Crippen molar-refractivity contribution in [1.29, 1.82) is 0 Å². The van der Waals surface area contributed by atoms with Gasteiger partial charge in [0.2, 0.25) is 5.91 Å². The summed E-state index contributed by atoms with van der Waals surface area (Å²) in [5.74, 6) is 2.99. The molecule has 1 amide bonds. The van der Waals surface area contributed by atoms with Crippen LogP contribution in [-0.4, -0.2) is 26.0 Å². The Hall–Kier alpha value is -0.570. The highest BCUT2D eigenvalue weighted by atomic mass is 16.1. The first-order valence-corrected chi connectivity index (χ1v) is 10.3. The molecule has 3 heteroatoms. The van der Waals surface area contributed by atoms with Crippen molar-refractivity contribution in [1.82, 2.24) is 10.6 Å². The molecule has 0 saturated heterocycles. The molecule has 3 nitrogen and oxygen atoms in total. The van der Waals surface area contributed by atoms with Crippen LogP contribution in [0.3, 0.4) is 0 Å². The highest BCUT2D eigenvalue weighted by Crippen LogP contribution is 2.36. The van der Waals surface area contributed by atoms with Crippen molar-refractivity contribution in [3.8, 4) is 0 Å². The lowest BCUT2D eigenvalue weighted by Gasteiger charge is -2.33. The minimum atomic E-state index is 0.273. The minimum Gasteiger partial charge on any atom is -0.356 e. The first-order chi connectivity index (χ1) is 11.4. The van der Waals surface area contributed by atoms with E-state index in [2.05, 4.69) is 31.4 Å².